The standard InChI is InChI=1S/C18H18N6OS/c1-12-9-17(25)24-18(21-12)26-16(22-24)10-20-13(2)14-3-5-15(6-4-14)23-8-7-19-11-23/h3-9,11,13,20H,10H2,1-2H3/t13-/m0/s1. The Morgan fingerprint density at radius 1 is 1.27 bits per heavy atom. The van der Waals surface area contributed by atoms with Gasteiger partial charge in [0.2, 0.25) is 4.96 Å². The van der Waals surface area contributed by atoms with Gasteiger partial charge in [0.05, 0.1) is 12.9 Å². The summed E-state index contributed by atoms with van der Waals surface area (Å²) in [6.07, 6.45) is 5.46. The van der Waals surface area contributed by atoms with Crippen molar-refractivity contribution in [3.05, 3.63) is 75.7 Å². The molecule has 0 saturated heterocycles. The van der Waals surface area contributed by atoms with E-state index in [-0.39, 0.29) is 11.6 Å². The van der Waals surface area contributed by atoms with Crippen LogP contribution < -0.4 is 10.9 Å². The predicted molar refractivity (Wildman–Crippen MR) is 101 cm³/mol. The zero-order chi connectivity index (χ0) is 18.1. The van der Waals surface area contributed by atoms with E-state index in [1.807, 2.05) is 17.7 Å². The van der Waals surface area contributed by atoms with Gasteiger partial charge in [0.15, 0.2) is 0 Å². The first kappa shape index (κ1) is 16.6. The molecule has 0 fully saturated rings. The van der Waals surface area contributed by atoms with Gasteiger partial charge in [0.1, 0.15) is 5.01 Å². The molecule has 0 amide bonds. The zero-order valence-corrected chi connectivity index (χ0v) is 15.3. The minimum Gasteiger partial charge on any atom is -0.306 e. The third-order valence-electron chi connectivity index (χ3n) is 4.17. The summed E-state index contributed by atoms with van der Waals surface area (Å²) in [6.45, 7) is 4.50. The maximum atomic E-state index is 11.9. The van der Waals surface area contributed by atoms with Crippen molar-refractivity contribution >= 4 is 16.3 Å². The van der Waals surface area contributed by atoms with E-state index in [9.17, 15) is 4.79 Å². The molecule has 1 N–H and O–H groups in total. The van der Waals surface area contributed by atoms with Crippen LogP contribution in [0.5, 0.6) is 0 Å². The van der Waals surface area contributed by atoms with Gasteiger partial charge in [-0.05, 0) is 31.5 Å². The van der Waals surface area contributed by atoms with Gasteiger partial charge in [-0.3, -0.25) is 4.79 Å². The molecule has 26 heavy (non-hydrogen) atoms. The van der Waals surface area contributed by atoms with Gasteiger partial charge in [-0.15, -0.1) is 0 Å². The number of aromatic nitrogens is 5. The smallest absolute Gasteiger partial charge is 0.275 e. The van der Waals surface area contributed by atoms with Gasteiger partial charge in [0.25, 0.3) is 5.56 Å². The molecular formula is C18H18N6OS. The quantitative estimate of drug-likeness (QED) is 0.587. The number of aryl methyl sites for hydroxylation is 1. The van der Waals surface area contributed by atoms with E-state index in [0.717, 1.165) is 10.7 Å². The normalized spacial score (nSPS) is 12.5. The Kier molecular flexibility index (Phi) is 4.36. The van der Waals surface area contributed by atoms with Crippen LogP contribution in [-0.4, -0.2) is 24.1 Å². The van der Waals surface area contributed by atoms with Crippen LogP contribution in [0.25, 0.3) is 10.6 Å². The molecule has 132 valence electrons. The lowest BCUT2D eigenvalue weighted by molar-refractivity contribution is 0.569. The van der Waals surface area contributed by atoms with E-state index < -0.39 is 0 Å². The van der Waals surface area contributed by atoms with Crippen molar-refractivity contribution in [3.8, 4) is 5.69 Å². The fourth-order valence-corrected chi connectivity index (χ4v) is 3.63. The lowest BCUT2D eigenvalue weighted by Crippen LogP contribution is -2.19. The van der Waals surface area contributed by atoms with Crippen molar-refractivity contribution in [1.29, 1.82) is 0 Å². The summed E-state index contributed by atoms with van der Waals surface area (Å²) in [5.74, 6) is 0. The van der Waals surface area contributed by atoms with Crippen molar-refractivity contribution in [1.82, 2.24) is 29.5 Å². The highest BCUT2D eigenvalue weighted by Crippen LogP contribution is 2.17. The van der Waals surface area contributed by atoms with E-state index in [1.165, 1.54) is 27.5 Å². The summed E-state index contributed by atoms with van der Waals surface area (Å²) in [5.41, 5.74) is 2.83. The summed E-state index contributed by atoms with van der Waals surface area (Å²) in [5, 5.41) is 8.64. The summed E-state index contributed by atoms with van der Waals surface area (Å²) in [7, 11) is 0. The van der Waals surface area contributed by atoms with Gasteiger partial charge in [0, 0.05) is 35.9 Å². The second kappa shape index (κ2) is 6.81. The summed E-state index contributed by atoms with van der Waals surface area (Å²) >= 11 is 1.43. The number of fused-ring (bicyclic) bond motifs is 1. The molecule has 7 nitrogen and oxygen atoms in total. The van der Waals surface area contributed by atoms with Crippen molar-refractivity contribution in [2.24, 2.45) is 0 Å². The number of rotatable bonds is 5. The van der Waals surface area contributed by atoms with Gasteiger partial charge in [-0.2, -0.15) is 9.61 Å². The van der Waals surface area contributed by atoms with Gasteiger partial charge in [-0.1, -0.05) is 23.5 Å². The van der Waals surface area contributed by atoms with Crippen molar-refractivity contribution < 1.29 is 0 Å². The number of imidazole rings is 1. The Bertz CT molecular complexity index is 1080. The topological polar surface area (TPSA) is 77.1 Å². The van der Waals surface area contributed by atoms with Crippen LogP contribution >= 0.6 is 11.3 Å². The SMILES string of the molecule is Cc1cc(=O)n2nc(CN[C@@H](C)c3ccc(-n4ccnc4)cc3)sc2n1. The molecule has 8 heteroatoms. The average Bonchev–Trinajstić information content (AvgIpc) is 3.29. The third kappa shape index (κ3) is 3.29. The third-order valence-corrected chi connectivity index (χ3v) is 5.08. The fraction of sp³-hybridized carbons (Fsp3) is 0.222. The van der Waals surface area contributed by atoms with Crippen LogP contribution in [0.3, 0.4) is 0 Å². The first-order valence-electron chi connectivity index (χ1n) is 8.28. The Hall–Kier alpha value is -2.84. The predicted octanol–water partition coefficient (Wildman–Crippen LogP) is 2.50. The van der Waals surface area contributed by atoms with Gasteiger partial charge >= 0.3 is 0 Å². The monoisotopic (exact) mass is 366 g/mol. The molecule has 0 aliphatic rings. The lowest BCUT2D eigenvalue weighted by atomic mass is 10.1. The Morgan fingerprint density at radius 3 is 2.81 bits per heavy atom. The van der Waals surface area contributed by atoms with Crippen molar-refractivity contribution in [2.45, 2.75) is 26.4 Å². The minimum atomic E-state index is -0.141. The maximum Gasteiger partial charge on any atom is 0.275 e. The average molecular weight is 366 g/mol. The molecule has 0 bridgehead atoms. The number of hydrogen-bond acceptors (Lipinski definition) is 6. The summed E-state index contributed by atoms with van der Waals surface area (Å²) in [4.78, 5) is 21.0. The lowest BCUT2D eigenvalue weighted by Gasteiger charge is -2.13. The molecule has 0 spiro atoms. The molecule has 0 unspecified atom stereocenters. The van der Waals surface area contributed by atoms with Crippen LogP contribution in [0, 0.1) is 6.92 Å². The highest BCUT2D eigenvalue weighted by molar-refractivity contribution is 7.16. The highest BCUT2D eigenvalue weighted by atomic mass is 32.1. The molecule has 1 aromatic carbocycles. The molecule has 3 heterocycles. The van der Waals surface area contributed by atoms with E-state index >= 15 is 0 Å². The molecule has 1 atom stereocenters. The largest absolute Gasteiger partial charge is 0.306 e. The molecule has 4 aromatic rings. The molecule has 0 aliphatic carbocycles. The summed E-state index contributed by atoms with van der Waals surface area (Å²) < 4.78 is 3.33. The first-order chi connectivity index (χ1) is 12.6. The Morgan fingerprint density at radius 2 is 2.08 bits per heavy atom. The van der Waals surface area contributed by atoms with Crippen LogP contribution in [0.2, 0.25) is 0 Å². The number of hydrogen-bond donors (Lipinski definition) is 1. The fourth-order valence-electron chi connectivity index (χ4n) is 2.74. The first-order valence-corrected chi connectivity index (χ1v) is 9.10. The van der Waals surface area contributed by atoms with Gasteiger partial charge in [-0.25, -0.2) is 9.97 Å². The second-order valence-corrected chi connectivity index (χ2v) is 7.13. The molecule has 0 saturated carbocycles. The molecule has 0 aliphatic heterocycles. The molecule has 3 aromatic heterocycles. The van der Waals surface area contributed by atoms with Crippen LogP contribution in [0.4, 0.5) is 0 Å². The second-order valence-electron chi connectivity index (χ2n) is 6.09. The van der Waals surface area contributed by atoms with E-state index in [4.69, 9.17) is 0 Å². The maximum absolute atomic E-state index is 11.9. The Balaban J connectivity index is 1.46. The van der Waals surface area contributed by atoms with Crippen LogP contribution in [0.15, 0.2) is 53.8 Å². The number of nitrogens with one attached hydrogen (secondary N) is 1. The number of benzene rings is 1. The Labute approximate surface area is 154 Å². The molecule has 0 radical (unpaired) electrons. The van der Waals surface area contributed by atoms with E-state index in [1.54, 1.807) is 12.5 Å². The number of nitrogens with zero attached hydrogens (tertiary/aromatic N) is 5. The van der Waals surface area contributed by atoms with E-state index in [2.05, 4.69) is 51.6 Å². The van der Waals surface area contributed by atoms with Gasteiger partial charge < -0.3 is 9.88 Å². The summed E-state index contributed by atoms with van der Waals surface area (Å²) in [6, 6.07) is 9.99. The molecular weight excluding hydrogens is 348 g/mol. The zero-order valence-electron chi connectivity index (χ0n) is 14.5. The van der Waals surface area contributed by atoms with Crippen molar-refractivity contribution in [3.63, 3.8) is 0 Å². The van der Waals surface area contributed by atoms with E-state index in [0.29, 0.717) is 17.2 Å². The van der Waals surface area contributed by atoms with Crippen LogP contribution in [-0.2, 0) is 6.54 Å². The minimum absolute atomic E-state index is 0.141. The van der Waals surface area contributed by atoms with Crippen LogP contribution in [0.1, 0.15) is 29.2 Å². The highest BCUT2D eigenvalue weighted by Gasteiger charge is 2.10. The molecule has 4 rings (SSSR count). The van der Waals surface area contributed by atoms with Crippen molar-refractivity contribution in [2.75, 3.05) is 0 Å².